The SMILES string of the molecule is CCC(C)(C)C(=O)C(=O)N1CC[C@H]1C(=O)OCCCc1cccnc1. The van der Waals surface area contributed by atoms with E-state index in [1.165, 1.54) is 4.90 Å². The van der Waals surface area contributed by atoms with Crippen LogP contribution < -0.4 is 0 Å². The van der Waals surface area contributed by atoms with Gasteiger partial charge in [-0.1, -0.05) is 26.8 Å². The third-order valence-corrected chi connectivity index (χ3v) is 4.82. The maximum Gasteiger partial charge on any atom is 0.328 e. The van der Waals surface area contributed by atoms with Gasteiger partial charge in [0.15, 0.2) is 0 Å². The largest absolute Gasteiger partial charge is 0.464 e. The maximum atomic E-state index is 12.3. The molecular weight excluding hydrogens is 320 g/mol. The van der Waals surface area contributed by atoms with Gasteiger partial charge >= 0.3 is 5.97 Å². The Morgan fingerprint density at radius 1 is 1.36 bits per heavy atom. The Balaban J connectivity index is 1.78. The van der Waals surface area contributed by atoms with Crippen molar-refractivity contribution in [3.05, 3.63) is 30.1 Å². The number of pyridine rings is 1. The van der Waals surface area contributed by atoms with Gasteiger partial charge in [0.2, 0.25) is 5.78 Å². The third kappa shape index (κ3) is 4.65. The van der Waals surface area contributed by atoms with E-state index in [-0.39, 0.29) is 0 Å². The van der Waals surface area contributed by atoms with Gasteiger partial charge in [0.05, 0.1) is 6.61 Å². The van der Waals surface area contributed by atoms with Crippen LogP contribution in [0.5, 0.6) is 0 Å². The second-order valence-electron chi connectivity index (χ2n) is 7.00. The smallest absolute Gasteiger partial charge is 0.328 e. The van der Waals surface area contributed by atoms with Crippen LogP contribution in [0, 0.1) is 5.41 Å². The summed E-state index contributed by atoms with van der Waals surface area (Å²) in [5.74, 6) is -1.44. The number of aromatic nitrogens is 1. The Morgan fingerprint density at radius 2 is 2.12 bits per heavy atom. The number of aryl methyl sites for hydroxylation is 1. The van der Waals surface area contributed by atoms with Crippen molar-refractivity contribution < 1.29 is 19.1 Å². The van der Waals surface area contributed by atoms with Crippen LogP contribution in [0.4, 0.5) is 0 Å². The molecule has 6 heteroatoms. The summed E-state index contributed by atoms with van der Waals surface area (Å²) in [6, 6.07) is 3.22. The lowest BCUT2D eigenvalue weighted by Crippen LogP contribution is -2.59. The fraction of sp³-hybridized carbons (Fsp3) is 0.579. The normalized spacial score (nSPS) is 16.9. The van der Waals surface area contributed by atoms with Crippen molar-refractivity contribution in [3.63, 3.8) is 0 Å². The molecule has 1 fully saturated rings. The molecule has 136 valence electrons. The van der Waals surface area contributed by atoms with E-state index < -0.39 is 29.1 Å². The number of rotatable bonds is 8. The molecule has 0 N–H and O–H groups in total. The Hall–Kier alpha value is -2.24. The molecule has 0 bridgehead atoms. The number of likely N-dealkylation sites (tertiary alicyclic amines) is 1. The molecule has 2 rings (SSSR count). The van der Waals surface area contributed by atoms with E-state index in [1.807, 2.05) is 19.1 Å². The van der Waals surface area contributed by atoms with Crippen LogP contribution in [-0.2, 0) is 25.5 Å². The van der Waals surface area contributed by atoms with Crippen molar-refractivity contribution in [2.24, 2.45) is 5.41 Å². The minimum Gasteiger partial charge on any atom is -0.464 e. The van der Waals surface area contributed by atoms with E-state index in [9.17, 15) is 14.4 Å². The van der Waals surface area contributed by atoms with Gasteiger partial charge in [0.25, 0.3) is 5.91 Å². The molecule has 0 unspecified atom stereocenters. The van der Waals surface area contributed by atoms with Gasteiger partial charge in [-0.3, -0.25) is 14.6 Å². The van der Waals surface area contributed by atoms with E-state index in [0.717, 1.165) is 12.0 Å². The summed E-state index contributed by atoms with van der Waals surface area (Å²) in [6.07, 6.45) is 6.10. The van der Waals surface area contributed by atoms with Gasteiger partial charge < -0.3 is 9.64 Å². The quantitative estimate of drug-likeness (QED) is 0.409. The molecule has 1 atom stereocenters. The average molecular weight is 346 g/mol. The first-order chi connectivity index (χ1) is 11.9. The van der Waals surface area contributed by atoms with Crippen molar-refractivity contribution >= 4 is 17.7 Å². The zero-order valence-electron chi connectivity index (χ0n) is 15.2. The number of esters is 1. The van der Waals surface area contributed by atoms with Gasteiger partial charge in [-0.05, 0) is 37.3 Å². The molecule has 0 radical (unpaired) electrons. The monoisotopic (exact) mass is 346 g/mol. The van der Waals surface area contributed by atoms with Crippen LogP contribution in [-0.4, -0.2) is 46.7 Å². The van der Waals surface area contributed by atoms with Crippen LogP contribution >= 0.6 is 0 Å². The molecule has 1 saturated heterocycles. The number of hydrogen-bond acceptors (Lipinski definition) is 5. The van der Waals surface area contributed by atoms with E-state index in [1.54, 1.807) is 26.2 Å². The Bertz CT molecular complexity index is 628. The number of ketones is 1. The topological polar surface area (TPSA) is 76.6 Å². The minimum absolute atomic E-state index is 0.292. The van der Waals surface area contributed by atoms with Gasteiger partial charge in [0, 0.05) is 24.4 Å². The maximum absolute atomic E-state index is 12.3. The van der Waals surface area contributed by atoms with Crippen LogP contribution in [0.3, 0.4) is 0 Å². The number of ether oxygens (including phenoxy) is 1. The summed E-state index contributed by atoms with van der Waals surface area (Å²) in [5, 5.41) is 0. The van der Waals surface area contributed by atoms with Gasteiger partial charge in [0.1, 0.15) is 6.04 Å². The summed E-state index contributed by atoms with van der Waals surface area (Å²) in [6.45, 7) is 6.09. The molecule has 1 amide bonds. The van der Waals surface area contributed by atoms with Gasteiger partial charge in [-0.15, -0.1) is 0 Å². The zero-order chi connectivity index (χ0) is 18.4. The highest BCUT2D eigenvalue weighted by molar-refractivity contribution is 6.38. The summed E-state index contributed by atoms with van der Waals surface area (Å²) >= 11 is 0. The van der Waals surface area contributed by atoms with Crippen LogP contribution in [0.25, 0.3) is 0 Å². The van der Waals surface area contributed by atoms with Crippen molar-refractivity contribution in [3.8, 4) is 0 Å². The molecule has 1 aromatic rings. The molecular formula is C19H26N2O4. The van der Waals surface area contributed by atoms with E-state index >= 15 is 0 Å². The Labute approximate surface area is 148 Å². The molecule has 0 saturated carbocycles. The van der Waals surface area contributed by atoms with E-state index in [0.29, 0.717) is 32.4 Å². The lowest BCUT2D eigenvalue weighted by molar-refractivity contribution is -0.165. The highest BCUT2D eigenvalue weighted by atomic mass is 16.5. The van der Waals surface area contributed by atoms with Crippen molar-refractivity contribution in [1.82, 2.24) is 9.88 Å². The molecule has 2 heterocycles. The second kappa shape index (κ2) is 8.23. The molecule has 1 aliphatic rings. The van der Waals surface area contributed by atoms with Crippen LogP contribution in [0.15, 0.2) is 24.5 Å². The molecule has 1 aliphatic heterocycles. The Kier molecular flexibility index (Phi) is 6.28. The number of hydrogen-bond donors (Lipinski definition) is 0. The molecule has 0 aliphatic carbocycles. The zero-order valence-corrected chi connectivity index (χ0v) is 15.2. The number of carbonyl (C=O) groups excluding carboxylic acids is 3. The average Bonchev–Trinajstić information content (AvgIpc) is 2.58. The summed E-state index contributed by atoms with van der Waals surface area (Å²) in [7, 11) is 0. The number of nitrogens with zero attached hydrogens (tertiary/aromatic N) is 2. The van der Waals surface area contributed by atoms with Crippen molar-refractivity contribution in [2.45, 2.75) is 52.5 Å². The molecule has 0 aromatic carbocycles. The summed E-state index contributed by atoms with van der Waals surface area (Å²) < 4.78 is 5.28. The fourth-order valence-corrected chi connectivity index (χ4v) is 2.55. The van der Waals surface area contributed by atoms with Crippen molar-refractivity contribution in [2.75, 3.05) is 13.2 Å². The number of Topliss-reactive ketones (excluding diaryl/α,β-unsaturated/α-hetero) is 1. The minimum atomic E-state index is -0.704. The lowest BCUT2D eigenvalue weighted by atomic mass is 9.84. The third-order valence-electron chi connectivity index (χ3n) is 4.82. The predicted molar refractivity (Wildman–Crippen MR) is 92.7 cm³/mol. The van der Waals surface area contributed by atoms with Gasteiger partial charge in [-0.2, -0.15) is 0 Å². The summed E-state index contributed by atoms with van der Waals surface area (Å²) in [4.78, 5) is 42.1. The summed E-state index contributed by atoms with van der Waals surface area (Å²) in [5.41, 5.74) is 0.386. The standard InChI is InChI=1S/C19H26N2O4/c1-4-19(2,3)16(22)17(23)21-11-9-15(21)18(24)25-12-6-8-14-7-5-10-20-13-14/h5,7,10,13,15H,4,6,8-9,11-12H2,1-3H3/t15-/m0/s1. The highest BCUT2D eigenvalue weighted by Crippen LogP contribution is 2.26. The highest BCUT2D eigenvalue weighted by Gasteiger charge is 2.44. The van der Waals surface area contributed by atoms with E-state index in [4.69, 9.17) is 4.74 Å². The molecule has 1 aromatic heterocycles. The molecule has 0 spiro atoms. The second-order valence-corrected chi connectivity index (χ2v) is 7.00. The Morgan fingerprint density at radius 3 is 2.68 bits per heavy atom. The molecule has 6 nitrogen and oxygen atoms in total. The van der Waals surface area contributed by atoms with Crippen LogP contribution in [0.2, 0.25) is 0 Å². The number of carbonyl (C=O) groups is 3. The van der Waals surface area contributed by atoms with Crippen molar-refractivity contribution in [1.29, 1.82) is 0 Å². The van der Waals surface area contributed by atoms with Gasteiger partial charge in [-0.25, -0.2) is 4.79 Å². The first kappa shape index (κ1) is 19.1. The predicted octanol–water partition coefficient (Wildman–Crippen LogP) is 2.16. The fourth-order valence-electron chi connectivity index (χ4n) is 2.55. The molecule has 25 heavy (non-hydrogen) atoms. The first-order valence-corrected chi connectivity index (χ1v) is 8.77. The van der Waals surface area contributed by atoms with E-state index in [2.05, 4.69) is 4.98 Å². The van der Waals surface area contributed by atoms with Crippen LogP contribution in [0.1, 0.15) is 45.6 Å². The first-order valence-electron chi connectivity index (χ1n) is 8.77. The number of amides is 1. The lowest BCUT2D eigenvalue weighted by Gasteiger charge is -2.39.